The average molecular weight is 469 g/mol. The number of Topliss-reactive ketones (excluding diaryl/α,β-unsaturated/α-hetero) is 2. The number of carbonyl (C=O) groups is 3. The summed E-state index contributed by atoms with van der Waals surface area (Å²) < 4.78 is 0. The maximum atomic E-state index is 13.6. The van der Waals surface area contributed by atoms with Crippen molar-refractivity contribution < 1.29 is 39.9 Å². The van der Waals surface area contributed by atoms with Crippen LogP contribution in [0.15, 0.2) is 29.9 Å². The van der Waals surface area contributed by atoms with E-state index in [2.05, 4.69) is 0 Å². The number of amides is 1. The van der Waals surface area contributed by atoms with Crippen molar-refractivity contribution in [1.29, 1.82) is 0 Å². The van der Waals surface area contributed by atoms with E-state index in [4.69, 9.17) is 5.73 Å². The standard InChI is InChI=1S/C25H27NO8/c1-9-11-6-7-12(10-4-2-3-5-10)19(28)16(11)21(30)18-15(9)20(29)13-8-14(27)17(24(26)33)22(31)25(13,34)23(18)32/h2,4,6-7,9-10,13-15,17,20,27-30,34H,3,5,8H2,1H3,(H2,26,33)/t9-,10?,13+,14?,15+,17?,20+,25+/m0/s1. The first-order valence-corrected chi connectivity index (χ1v) is 11.4. The Bertz CT molecular complexity index is 1190. The van der Waals surface area contributed by atoms with Crippen LogP contribution in [-0.2, 0) is 14.4 Å². The Kier molecular flexibility index (Phi) is 5.02. The van der Waals surface area contributed by atoms with Crippen LogP contribution in [0, 0.1) is 17.8 Å². The van der Waals surface area contributed by atoms with Crippen LogP contribution in [0.2, 0.25) is 0 Å². The number of aliphatic hydroxyl groups is 4. The Balaban J connectivity index is 1.70. The highest BCUT2D eigenvalue weighted by Crippen LogP contribution is 2.56. The monoisotopic (exact) mass is 469 g/mol. The van der Waals surface area contributed by atoms with Gasteiger partial charge in [-0.1, -0.05) is 31.2 Å². The van der Waals surface area contributed by atoms with E-state index in [-0.39, 0.29) is 22.8 Å². The average Bonchev–Trinajstić information content (AvgIpc) is 3.31. The molecule has 0 heterocycles. The summed E-state index contributed by atoms with van der Waals surface area (Å²) in [5.41, 5.74) is 3.18. The van der Waals surface area contributed by atoms with Crippen LogP contribution < -0.4 is 5.73 Å². The van der Waals surface area contributed by atoms with Gasteiger partial charge in [0.25, 0.3) is 0 Å². The molecular formula is C25H27NO8. The van der Waals surface area contributed by atoms with Crippen LogP contribution in [-0.4, -0.2) is 60.8 Å². The van der Waals surface area contributed by atoms with Gasteiger partial charge in [0.05, 0.1) is 17.8 Å². The molecule has 34 heavy (non-hydrogen) atoms. The van der Waals surface area contributed by atoms with Gasteiger partial charge in [0, 0.05) is 28.9 Å². The van der Waals surface area contributed by atoms with Crippen molar-refractivity contribution in [3.63, 3.8) is 0 Å². The van der Waals surface area contributed by atoms with Crippen molar-refractivity contribution in [2.24, 2.45) is 23.5 Å². The van der Waals surface area contributed by atoms with E-state index in [0.717, 1.165) is 12.8 Å². The summed E-state index contributed by atoms with van der Waals surface area (Å²) >= 11 is 0. The summed E-state index contributed by atoms with van der Waals surface area (Å²) in [5, 5.41) is 55.3. The summed E-state index contributed by atoms with van der Waals surface area (Å²) in [7, 11) is 0. The topological polar surface area (TPSA) is 178 Å². The fourth-order valence-electron chi connectivity index (χ4n) is 6.51. The molecule has 1 amide bonds. The van der Waals surface area contributed by atoms with Crippen molar-refractivity contribution in [3.8, 4) is 5.75 Å². The Morgan fingerprint density at radius 3 is 2.44 bits per heavy atom. The molecule has 3 unspecified atom stereocenters. The molecule has 0 aliphatic heterocycles. The Hall–Kier alpha value is -3.01. The second-order valence-corrected chi connectivity index (χ2v) is 9.90. The van der Waals surface area contributed by atoms with E-state index in [1.807, 2.05) is 12.2 Å². The number of carbonyl (C=O) groups excluding carboxylic acids is 3. The van der Waals surface area contributed by atoms with Gasteiger partial charge in [0.2, 0.25) is 11.7 Å². The Labute approximate surface area is 195 Å². The molecule has 5 rings (SSSR count). The molecule has 4 aliphatic carbocycles. The zero-order valence-corrected chi connectivity index (χ0v) is 18.5. The maximum absolute atomic E-state index is 13.6. The molecule has 8 atom stereocenters. The third kappa shape index (κ3) is 2.74. The number of hydrogen-bond donors (Lipinski definition) is 6. The number of benzene rings is 1. The molecular weight excluding hydrogens is 442 g/mol. The van der Waals surface area contributed by atoms with Gasteiger partial charge < -0.3 is 31.3 Å². The lowest BCUT2D eigenvalue weighted by Gasteiger charge is -2.52. The number of aromatic hydroxyl groups is 1. The van der Waals surface area contributed by atoms with Gasteiger partial charge in [-0.25, -0.2) is 0 Å². The van der Waals surface area contributed by atoms with Crippen molar-refractivity contribution in [3.05, 3.63) is 46.5 Å². The van der Waals surface area contributed by atoms with Crippen LogP contribution in [0.25, 0.3) is 5.76 Å². The smallest absolute Gasteiger partial charge is 0.230 e. The highest BCUT2D eigenvalue weighted by Gasteiger charge is 2.67. The van der Waals surface area contributed by atoms with E-state index >= 15 is 0 Å². The number of phenolic OH excluding ortho intramolecular Hbond substituents is 1. The number of phenols is 1. The molecule has 0 bridgehead atoms. The van der Waals surface area contributed by atoms with Crippen LogP contribution >= 0.6 is 0 Å². The lowest BCUT2D eigenvalue weighted by atomic mass is 9.53. The van der Waals surface area contributed by atoms with E-state index in [1.165, 1.54) is 0 Å². The number of nitrogens with two attached hydrogens (primary N) is 1. The first-order valence-electron chi connectivity index (χ1n) is 11.4. The van der Waals surface area contributed by atoms with E-state index < -0.39 is 71.1 Å². The van der Waals surface area contributed by atoms with Crippen LogP contribution in [0.3, 0.4) is 0 Å². The lowest BCUT2D eigenvalue weighted by molar-refractivity contribution is -0.186. The lowest BCUT2D eigenvalue weighted by Crippen LogP contribution is -2.70. The third-order valence-corrected chi connectivity index (χ3v) is 8.26. The number of aliphatic hydroxyl groups excluding tert-OH is 3. The minimum absolute atomic E-state index is 0.0360. The number of primary amides is 1. The quantitative estimate of drug-likeness (QED) is 0.268. The van der Waals surface area contributed by atoms with Gasteiger partial charge in [-0.3, -0.25) is 14.4 Å². The molecule has 4 aliphatic rings. The SMILES string of the molecule is C[C@H]1c2ccc(C3C=CCC3)c(O)c2C(O)=C2C(=O)[C@]3(O)C(=O)C(C(N)=O)C(O)C[C@@H]3[C@@H](O)[C@@H]21. The number of allylic oxidation sites excluding steroid dienone is 2. The highest BCUT2D eigenvalue weighted by molar-refractivity contribution is 6.25. The summed E-state index contributed by atoms with van der Waals surface area (Å²) in [4.78, 5) is 38.5. The first-order chi connectivity index (χ1) is 16.0. The summed E-state index contributed by atoms with van der Waals surface area (Å²) in [6.07, 6.45) is 2.14. The third-order valence-electron chi connectivity index (χ3n) is 8.26. The predicted molar refractivity (Wildman–Crippen MR) is 118 cm³/mol. The summed E-state index contributed by atoms with van der Waals surface area (Å²) in [6.45, 7) is 1.72. The summed E-state index contributed by atoms with van der Waals surface area (Å²) in [6, 6.07) is 3.51. The van der Waals surface area contributed by atoms with Crippen molar-refractivity contribution in [2.45, 2.75) is 55.8 Å². The van der Waals surface area contributed by atoms with Crippen molar-refractivity contribution in [2.75, 3.05) is 0 Å². The molecule has 9 nitrogen and oxygen atoms in total. The Morgan fingerprint density at radius 1 is 1.15 bits per heavy atom. The van der Waals surface area contributed by atoms with Gasteiger partial charge in [-0.05, 0) is 30.7 Å². The molecule has 1 aromatic rings. The molecule has 0 saturated heterocycles. The normalized spacial score (nSPS) is 39.0. The van der Waals surface area contributed by atoms with Crippen molar-refractivity contribution >= 4 is 23.2 Å². The van der Waals surface area contributed by atoms with Gasteiger partial charge in [-0.15, -0.1) is 0 Å². The molecule has 0 radical (unpaired) electrons. The molecule has 1 aromatic carbocycles. The molecule has 7 N–H and O–H groups in total. The number of hydrogen-bond acceptors (Lipinski definition) is 8. The largest absolute Gasteiger partial charge is 0.507 e. The van der Waals surface area contributed by atoms with E-state index in [1.54, 1.807) is 19.1 Å². The van der Waals surface area contributed by atoms with Gasteiger partial charge in [0.1, 0.15) is 17.4 Å². The van der Waals surface area contributed by atoms with E-state index in [9.17, 15) is 39.9 Å². The first kappa shape index (κ1) is 22.8. The fraction of sp³-hybridized carbons (Fsp3) is 0.480. The van der Waals surface area contributed by atoms with Gasteiger partial charge >= 0.3 is 0 Å². The molecule has 180 valence electrons. The number of ketones is 2. The van der Waals surface area contributed by atoms with Crippen LogP contribution in [0.4, 0.5) is 0 Å². The van der Waals surface area contributed by atoms with E-state index in [0.29, 0.717) is 11.1 Å². The molecule has 0 spiro atoms. The number of fused-ring (bicyclic) bond motifs is 3. The van der Waals surface area contributed by atoms with Crippen LogP contribution in [0.5, 0.6) is 5.75 Å². The molecule has 0 aromatic heterocycles. The number of rotatable bonds is 2. The highest BCUT2D eigenvalue weighted by atomic mass is 16.3. The molecule has 2 fully saturated rings. The maximum Gasteiger partial charge on any atom is 0.230 e. The fourth-order valence-corrected chi connectivity index (χ4v) is 6.51. The second-order valence-electron chi connectivity index (χ2n) is 9.90. The predicted octanol–water partition coefficient (Wildman–Crippen LogP) is 0.554. The minimum atomic E-state index is -2.84. The minimum Gasteiger partial charge on any atom is -0.507 e. The van der Waals surface area contributed by atoms with Gasteiger partial charge in [-0.2, -0.15) is 0 Å². The molecule has 2 saturated carbocycles. The molecule has 9 heteroatoms. The van der Waals surface area contributed by atoms with Crippen molar-refractivity contribution in [1.82, 2.24) is 0 Å². The summed E-state index contributed by atoms with van der Waals surface area (Å²) in [5.74, 6) is -9.26. The zero-order valence-electron chi connectivity index (χ0n) is 18.5. The zero-order chi connectivity index (χ0) is 24.7. The van der Waals surface area contributed by atoms with Crippen LogP contribution in [0.1, 0.15) is 54.7 Å². The Morgan fingerprint density at radius 2 is 1.82 bits per heavy atom. The second kappa shape index (κ2) is 7.49. The van der Waals surface area contributed by atoms with Gasteiger partial charge in [0.15, 0.2) is 11.4 Å².